The molecule has 1 saturated heterocycles. The van der Waals surface area contributed by atoms with Crippen molar-refractivity contribution in [3.05, 3.63) is 29.8 Å². The Morgan fingerprint density at radius 2 is 2.04 bits per heavy atom. The van der Waals surface area contributed by atoms with Crippen LogP contribution in [0.5, 0.6) is 5.75 Å². The lowest BCUT2D eigenvalue weighted by molar-refractivity contribution is -0.151. The number of rotatable bonds is 7. The molecule has 0 saturated carbocycles. The van der Waals surface area contributed by atoms with Gasteiger partial charge in [-0.05, 0) is 45.4 Å². The van der Waals surface area contributed by atoms with Crippen molar-refractivity contribution >= 4 is 17.8 Å². The summed E-state index contributed by atoms with van der Waals surface area (Å²) in [5.41, 5.74) is 0.420. The molecule has 1 fully saturated rings. The summed E-state index contributed by atoms with van der Waals surface area (Å²) in [6.45, 7) is 8.20. The fourth-order valence-corrected chi connectivity index (χ4v) is 2.81. The van der Waals surface area contributed by atoms with E-state index in [9.17, 15) is 14.4 Å². The molecular weight excluding hydrogens is 348 g/mol. The first-order valence-corrected chi connectivity index (χ1v) is 9.36. The monoisotopic (exact) mass is 376 g/mol. The van der Waals surface area contributed by atoms with Crippen LogP contribution in [0.1, 0.15) is 50.9 Å². The van der Waals surface area contributed by atoms with Gasteiger partial charge in [0.15, 0.2) is 0 Å². The van der Waals surface area contributed by atoms with E-state index in [2.05, 4.69) is 5.32 Å². The van der Waals surface area contributed by atoms with Gasteiger partial charge in [-0.2, -0.15) is 0 Å². The molecule has 148 valence electrons. The molecular formula is C20H28N2O5. The van der Waals surface area contributed by atoms with E-state index in [4.69, 9.17) is 9.47 Å². The molecule has 0 radical (unpaired) electrons. The average molecular weight is 376 g/mol. The zero-order valence-corrected chi connectivity index (χ0v) is 16.4. The zero-order valence-electron chi connectivity index (χ0n) is 16.4. The van der Waals surface area contributed by atoms with Crippen LogP contribution in [0.25, 0.3) is 0 Å². The molecule has 7 heteroatoms. The minimum Gasteiger partial charge on any atom is -0.491 e. The molecule has 1 aliphatic heterocycles. The maximum absolute atomic E-state index is 13.0. The first-order chi connectivity index (χ1) is 12.8. The van der Waals surface area contributed by atoms with Crippen molar-refractivity contribution in [3.8, 4) is 5.75 Å². The van der Waals surface area contributed by atoms with Crippen LogP contribution in [0.2, 0.25) is 0 Å². The Kier molecular flexibility index (Phi) is 7.21. The van der Waals surface area contributed by atoms with E-state index in [0.717, 1.165) is 0 Å². The van der Waals surface area contributed by atoms with Gasteiger partial charge in [0, 0.05) is 18.7 Å². The SMILES string of the molecule is CCC(C)OC(=O)CC1C(=O)NCCN1C(=O)c1cccc(OC(C)C)c1. The van der Waals surface area contributed by atoms with Gasteiger partial charge in [0.2, 0.25) is 5.91 Å². The summed E-state index contributed by atoms with van der Waals surface area (Å²) in [4.78, 5) is 38.9. The summed E-state index contributed by atoms with van der Waals surface area (Å²) in [5, 5.41) is 2.71. The number of benzene rings is 1. The fraction of sp³-hybridized carbons (Fsp3) is 0.550. The topological polar surface area (TPSA) is 84.9 Å². The summed E-state index contributed by atoms with van der Waals surface area (Å²) < 4.78 is 10.9. The smallest absolute Gasteiger partial charge is 0.308 e. The van der Waals surface area contributed by atoms with Crippen molar-refractivity contribution in [2.45, 2.75) is 58.8 Å². The second kappa shape index (κ2) is 9.39. The quantitative estimate of drug-likeness (QED) is 0.737. The number of amides is 2. The standard InChI is InChI=1S/C20H28N2O5/c1-5-14(4)27-18(23)12-17-19(24)21-9-10-22(17)20(25)15-7-6-8-16(11-15)26-13(2)3/h6-8,11,13-14,17H,5,9-10,12H2,1-4H3,(H,21,24). The third-order valence-corrected chi connectivity index (χ3v) is 4.31. The van der Waals surface area contributed by atoms with Gasteiger partial charge in [0.25, 0.3) is 5.91 Å². The van der Waals surface area contributed by atoms with Crippen LogP contribution >= 0.6 is 0 Å². The highest BCUT2D eigenvalue weighted by atomic mass is 16.5. The lowest BCUT2D eigenvalue weighted by Crippen LogP contribution is -2.57. The largest absolute Gasteiger partial charge is 0.491 e. The molecule has 1 aliphatic rings. The van der Waals surface area contributed by atoms with E-state index in [-0.39, 0.29) is 30.4 Å². The van der Waals surface area contributed by atoms with Crippen LogP contribution in [0, 0.1) is 0 Å². The first kappa shape index (κ1) is 20.7. The molecule has 2 amide bonds. The lowest BCUT2D eigenvalue weighted by atomic mass is 10.1. The van der Waals surface area contributed by atoms with Gasteiger partial charge in [0.1, 0.15) is 11.8 Å². The number of carbonyl (C=O) groups is 3. The molecule has 7 nitrogen and oxygen atoms in total. The second-order valence-corrected chi connectivity index (χ2v) is 6.91. The molecule has 1 N–H and O–H groups in total. The number of hydrogen-bond donors (Lipinski definition) is 1. The molecule has 2 atom stereocenters. The third kappa shape index (κ3) is 5.70. The number of nitrogens with zero attached hydrogens (tertiary/aromatic N) is 1. The Hall–Kier alpha value is -2.57. The zero-order chi connectivity index (χ0) is 20.0. The Bertz CT molecular complexity index is 689. The molecule has 27 heavy (non-hydrogen) atoms. The fourth-order valence-electron chi connectivity index (χ4n) is 2.81. The van der Waals surface area contributed by atoms with E-state index in [1.165, 1.54) is 4.90 Å². The van der Waals surface area contributed by atoms with Crippen LogP contribution in [0.4, 0.5) is 0 Å². The maximum atomic E-state index is 13.0. The predicted molar refractivity (Wildman–Crippen MR) is 101 cm³/mol. The highest BCUT2D eigenvalue weighted by Crippen LogP contribution is 2.19. The van der Waals surface area contributed by atoms with E-state index in [0.29, 0.717) is 30.8 Å². The van der Waals surface area contributed by atoms with Gasteiger partial charge in [-0.15, -0.1) is 0 Å². The highest BCUT2D eigenvalue weighted by molar-refractivity contribution is 5.99. The molecule has 1 aromatic rings. The minimum atomic E-state index is -0.877. The van der Waals surface area contributed by atoms with Crippen LogP contribution in [-0.2, 0) is 14.3 Å². The number of piperazine rings is 1. The summed E-state index contributed by atoms with van der Waals surface area (Å²) >= 11 is 0. The minimum absolute atomic E-state index is 0.0146. The van der Waals surface area contributed by atoms with Gasteiger partial charge in [-0.1, -0.05) is 13.0 Å². The van der Waals surface area contributed by atoms with Crippen molar-refractivity contribution in [2.75, 3.05) is 13.1 Å². The van der Waals surface area contributed by atoms with Crippen LogP contribution in [0.15, 0.2) is 24.3 Å². The van der Waals surface area contributed by atoms with Crippen molar-refractivity contribution in [3.63, 3.8) is 0 Å². The highest BCUT2D eigenvalue weighted by Gasteiger charge is 2.35. The average Bonchev–Trinajstić information content (AvgIpc) is 2.62. The van der Waals surface area contributed by atoms with Gasteiger partial charge in [-0.3, -0.25) is 14.4 Å². The van der Waals surface area contributed by atoms with Crippen LogP contribution in [0.3, 0.4) is 0 Å². The Morgan fingerprint density at radius 3 is 2.70 bits per heavy atom. The Balaban J connectivity index is 2.16. The van der Waals surface area contributed by atoms with Gasteiger partial charge in [0.05, 0.1) is 18.6 Å². The Labute approximate surface area is 160 Å². The number of carbonyl (C=O) groups excluding carboxylic acids is 3. The maximum Gasteiger partial charge on any atom is 0.308 e. The second-order valence-electron chi connectivity index (χ2n) is 6.91. The van der Waals surface area contributed by atoms with Gasteiger partial charge >= 0.3 is 5.97 Å². The van der Waals surface area contributed by atoms with Crippen LogP contribution in [-0.4, -0.2) is 54.0 Å². The van der Waals surface area contributed by atoms with E-state index >= 15 is 0 Å². The third-order valence-electron chi connectivity index (χ3n) is 4.31. The summed E-state index contributed by atoms with van der Waals surface area (Å²) in [7, 11) is 0. The molecule has 0 aromatic heterocycles. The first-order valence-electron chi connectivity index (χ1n) is 9.36. The van der Waals surface area contributed by atoms with E-state index in [1.54, 1.807) is 31.2 Å². The van der Waals surface area contributed by atoms with Crippen LogP contribution < -0.4 is 10.1 Å². The molecule has 0 bridgehead atoms. The summed E-state index contributed by atoms with van der Waals surface area (Å²) in [6, 6.07) is 5.97. The van der Waals surface area contributed by atoms with Crippen molar-refractivity contribution in [1.82, 2.24) is 10.2 Å². The number of esters is 1. The van der Waals surface area contributed by atoms with E-state index < -0.39 is 12.0 Å². The molecule has 0 aliphatic carbocycles. The Morgan fingerprint density at radius 1 is 1.30 bits per heavy atom. The van der Waals surface area contributed by atoms with Crippen molar-refractivity contribution in [1.29, 1.82) is 0 Å². The molecule has 0 spiro atoms. The predicted octanol–water partition coefficient (Wildman–Crippen LogP) is 2.15. The summed E-state index contributed by atoms with van der Waals surface area (Å²) in [6.07, 6.45) is 0.287. The number of nitrogens with one attached hydrogen (secondary N) is 1. The number of hydrogen-bond acceptors (Lipinski definition) is 5. The van der Waals surface area contributed by atoms with Crippen molar-refractivity contribution in [2.24, 2.45) is 0 Å². The molecule has 1 heterocycles. The van der Waals surface area contributed by atoms with Gasteiger partial charge in [-0.25, -0.2) is 0 Å². The number of ether oxygens (including phenoxy) is 2. The molecule has 2 unspecified atom stereocenters. The van der Waals surface area contributed by atoms with Gasteiger partial charge < -0.3 is 19.7 Å². The lowest BCUT2D eigenvalue weighted by Gasteiger charge is -2.34. The summed E-state index contributed by atoms with van der Waals surface area (Å²) in [5.74, 6) is -0.545. The molecule has 1 aromatic carbocycles. The normalized spacial score (nSPS) is 18.0. The van der Waals surface area contributed by atoms with E-state index in [1.807, 2.05) is 20.8 Å². The molecule has 2 rings (SSSR count). The van der Waals surface area contributed by atoms with Crippen molar-refractivity contribution < 1.29 is 23.9 Å².